The van der Waals surface area contributed by atoms with E-state index in [1.807, 2.05) is 19.2 Å². The van der Waals surface area contributed by atoms with Gasteiger partial charge in [-0.05, 0) is 55.7 Å². The number of hydrogen-bond donors (Lipinski definition) is 3. The molecule has 204 valence electrons. The number of nitrogens with zero attached hydrogens (tertiary/aromatic N) is 3. The molecule has 0 saturated carbocycles. The van der Waals surface area contributed by atoms with Gasteiger partial charge in [-0.1, -0.05) is 6.92 Å². The SMILES string of the molecule is CCCn1cc(C)c2c(C(=O)NCc3c(OC)[nH]c(C)cc3=O)cc(-c3ccc(N4CCNCC4)nc3)cc21. The van der Waals surface area contributed by atoms with Crippen LogP contribution >= 0.6 is 0 Å². The average molecular weight is 529 g/mol. The first-order valence-electron chi connectivity index (χ1n) is 13.5. The Labute approximate surface area is 228 Å². The molecule has 1 aliphatic heterocycles. The van der Waals surface area contributed by atoms with Gasteiger partial charge in [0.15, 0.2) is 11.3 Å². The lowest BCUT2D eigenvalue weighted by atomic mass is 9.99. The Kier molecular flexibility index (Phi) is 7.70. The summed E-state index contributed by atoms with van der Waals surface area (Å²) in [6.07, 6.45) is 4.97. The molecule has 3 N–H and O–H groups in total. The van der Waals surface area contributed by atoms with E-state index in [0.29, 0.717) is 22.7 Å². The molecular weight excluding hydrogens is 492 g/mol. The Bertz CT molecular complexity index is 1550. The van der Waals surface area contributed by atoms with Gasteiger partial charge in [0.2, 0.25) is 0 Å². The van der Waals surface area contributed by atoms with Crippen LogP contribution in [-0.4, -0.2) is 53.7 Å². The molecule has 0 radical (unpaired) electrons. The Hall–Kier alpha value is -4.11. The van der Waals surface area contributed by atoms with Crippen LogP contribution in [0, 0.1) is 13.8 Å². The van der Waals surface area contributed by atoms with Gasteiger partial charge in [0.05, 0.1) is 19.2 Å². The number of fused-ring (bicyclic) bond motifs is 1. The van der Waals surface area contributed by atoms with Gasteiger partial charge in [0, 0.05) is 78.9 Å². The van der Waals surface area contributed by atoms with Crippen LogP contribution in [0.4, 0.5) is 5.82 Å². The number of rotatable bonds is 8. The monoisotopic (exact) mass is 528 g/mol. The number of methoxy groups -OCH3 is 1. The number of H-pyrrole nitrogens is 1. The van der Waals surface area contributed by atoms with E-state index < -0.39 is 0 Å². The highest BCUT2D eigenvalue weighted by molar-refractivity contribution is 6.09. The second-order valence-electron chi connectivity index (χ2n) is 10.1. The molecule has 0 atom stereocenters. The van der Waals surface area contributed by atoms with Crippen molar-refractivity contribution in [3.8, 4) is 17.0 Å². The predicted molar refractivity (Wildman–Crippen MR) is 155 cm³/mol. The number of aromatic amines is 1. The number of hydrogen-bond acceptors (Lipinski definition) is 6. The van der Waals surface area contributed by atoms with Crippen LogP contribution < -0.4 is 25.7 Å². The van der Waals surface area contributed by atoms with Crippen LogP contribution in [0.3, 0.4) is 0 Å². The normalized spacial score (nSPS) is 13.6. The van der Waals surface area contributed by atoms with Crippen molar-refractivity contribution in [1.82, 2.24) is 25.2 Å². The van der Waals surface area contributed by atoms with Crippen LogP contribution in [0.2, 0.25) is 0 Å². The number of carbonyl (C=O) groups excluding carboxylic acids is 1. The fourth-order valence-electron chi connectivity index (χ4n) is 5.34. The van der Waals surface area contributed by atoms with Gasteiger partial charge < -0.3 is 29.8 Å². The van der Waals surface area contributed by atoms with E-state index in [2.05, 4.69) is 56.4 Å². The fraction of sp³-hybridized carbons (Fsp3) is 0.367. The number of pyridine rings is 2. The van der Waals surface area contributed by atoms with E-state index in [-0.39, 0.29) is 17.9 Å². The number of anilines is 1. The topological polar surface area (TPSA) is 104 Å². The maximum Gasteiger partial charge on any atom is 0.252 e. The number of benzene rings is 1. The number of aromatic nitrogens is 3. The molecule has 3 aromatic heterocycles. The van der Waals surface area contributed by atoms with Crippen molar-refractivity contribution >= 4 is 22.6 Å². The third-order valence-electron chi connectivity index (χ3n) is 7.26. The van der Waals surface area contributed by atoms with Crippen molar-refractivity contribution in [3.63, 3.8) is 0 Å². The lowest BCUT2D eigenvalue weighted by Gasteiger charge is -2.28. The van der Waals surface area contributed by atoms with Gasteiger partial charge in [-0.2, -0.15) is 0 Å². The first-order chi connectivity index (χ1) is 18.9. The summed E-state index contributed by atoms with van der Waals surface area (Å²) in [6, 6.07) is 9.71. The van der Waals surface area contributed by atoms with Gasteiger partial charge in [0.1, 0.15) is 5.82 Å². The minimum Gasteiger partial charge on any atom is -0.482 e. The average Bonchev–Trinajstić information content (AvgIpc) is 3.27. The maximum absolute atomic E-state index is 13.7. The van der Waals surface area contributed by atoms with Crippen molar-refractivity contribution in [2.75, 3.05) is 38.2 Å². The molecule has 0 bridgehead atoms. The molecule has 1 saturated heterocycles. The molecular formula is C30H36N6O3. The molecule has 1 aliphatic rings. The summed E-state index contributed by atoms with van der Waals surface area (Å²) in [6.45, 7) is 10.6. The van der Waals surface area contributed by atoms with Crippen LogP contribution in [0.15, 0.2) is 47.5 Å². The number of ether oxygens (including phenoxy) is 1. The van der Waals surface area contributed by atoms with Crippen LogP contribution in [0.1, 0.15) is 40.5 Å². The second-order valence-corrected chi connectivity index (χ2v) is 10.1. The van der Waals surface area contributed by atoms with Crippen LogP contribution in [-0.2, 0) is 13.1 Å². The van der Waals surface area contributed by atoms with Crippen molar-refractivity contribution in [2.45, 2.75) is 40.3 Å². The number of amides is 1. The van der Waals surface area contributed by atoms with E-state index in [0.717, 1.165) is 72.6 Å². The van der Waals surface area contributed by atoms with E-state index >= 15 is 0 Å². The van der Waals surface area contributed by atoms with Crippen molar-refractivity contribution in [1.29, 1.82) is 0 Å². The molecule has 9 heteroatoms. The summed E-state index contributed by atoms with van der Waals surface area (Å²) in [5.41, 5.74) is 5.40. The Balaban J connectivity index is 1.52. The molecule has 9 nitrogen and oxygen atoms in total. The summed E-state index contributed by atoms with van der Waals surface area (Å²) in [5, 5.41) is 7.25. The van der Waals surface area contributed by atoms with Gasteiger partial charge in [-0.25, -0.2) is 4.98 Å². The largest absolute Gasteiger partial charge is 0.482 e. The van der Waals surface area contributed by atoms with Crippen LogP contribution in [0.5, 0.6) is 5.88 Å². The van der Waals surface area contributed by atoms with Crippen molar-refractivity contribution < 1.29 is 9.53 Å². The zero-order chi connectivity index (χ0) is 27.5. The summed E-state index contributed by atoms with van der Waals surface area (Å²) >= 11 is 0. The summed E-state index contributed by atoms with van der Waals surface area (Å²) in [4.78, 5) is 36.4. The molecule has 0 aliphatic carbocycles. The Morgan fingerprint density at radius 1 is 1.13 bits per heavy atom. The second kappa shape index (κ2) is 11.3. The summed E-state index contributed by atoms with van der Waals surface area (Å²) in [7, 11) is 1.50. The predicted octanol–water partition coefficient (Wildman–Crippen LogP) is 3.77. The number of piperazine rings is 1. The van der Waals surface area contributed by atoms with E-state index in [1.54, 1.807) is 6.92 Å². The smallest absolute Gasteiger partial charge is 0.252 e. The molecule has 1 aromatic carbocycles. The highest BCUT2D eigenvalue weighted by atomic mass is 16.5. The molecule has 0 unspecified atom stereocenters. The quantitative estimate of drug-likeness (QED) is 0.322. The highest BCUT2D eigenvalue weighted by Crippen LogP contribution is 2.32. The first-order valence-corrected chi connectivity index (χ1v) is 13.5. The lowest BCUT2D eigenvalue weighted by Crippen LogP contribution is -2.43. The van der Waals surface area contributed by atoms with Gasteiger partial charge in [-0.15, -0.1) is 0 Å². The standard InChI is InChI=1S/C30H36N6O3/c1-5-10-36-18-19(2)28-23(29(38)33-17-24-26(37)13-20(3)34-30(24)39-4)14-22(15-25(28)36)21-6-7-27(32-16-21)35-11-8-31-9-12-35/h6-7,13-16,18,31H,5,8-12,17H2,1-4H3,(H,33,38)(H,34,37). The molecule has 4 aromatic rings. The number of nitrogens with one attached hydrogen (secondary N) is 3. The van der Waals surface area contributed by atoms with E-state index in [9.17, 15) is 9.59 Å². The molecule has 5 rings (SSSR count). The van der Waals surface area contributed by atoms with E-state index in [4.69, 9.17) is 9.72 Å². The number of carbonyl (C=O) groups is 1. The van der Waals surface area contributed by atoms with Crippen molar-refractivity contribution in [3.05, 3.63) is 75.3 Å². The third kappa shape index (κ3) is 5.40. The summed E-state index contributed by atoms with van der Waals surface area (Å²) < 4.78 is 7.58. The highest BCUT2D eigenvalue weighted by Gasteiger charge is 2.20. The Morgan fingerprint density at radius 3 is 2.62 bits per heavy atom. The minimum absolute atomic E-state index is 0.0546. The third-order valence-corrected chi connectivity index (χ3v) is 7.26. The first kappa shape index (κ1) is 26.5. The zero-order valence-corrected chi connectivity index (χ0v) is 23.1. The minimum atomic E-state index is -0.244. The Morgan fingerprint density at radius 2 is 1.92 bits per heavy atom. The summed E-state index contributed by atoms with van der Waals surface area (Å²) in [5.74, 6) is 1.08. The van der Waals surface area contributed by atoms with Gasteiger partial charge >= 0.3 is 0 Å². The molecule has 1 fully saturated rings. The maximum atomic E-state index is 13.7. The molecule has 1 amide bonds. The van der Waals surface area contributed by atoms with Crippen LogP contribution in [0.25, 0.3) is 22.0 Å². The van der Waals surface area contributed by atoms with E-state index in [1.165, 1.54) is 13.2 Å². The number of aryl methyl sites for hydroxylation is 3. The molecule has 39 heavy (non-hydrogen) atoms. The fourth-order valence-corrected chi connectivity index (χ4v) is 5.34. The van der Waals surface area contributed by atoms with Gasteiger partial charge in [0.25, 0.3) is 5.91 Å². The van der Waals surface area contributed by atoms with Crippen molar-refractivity contribution in [2.24, 2.45) is 0 Å². The lowest BCUT2D eigenvalue weighted by molar-refractivity contribution is 0.0952. The van der Waals surface area contributed by atoms with Gasteiger partial charge in [-0.3, -0.25) is 9.59 Å². The molecule has 4 heterocycles. The molecule has 0 spiro atoms. The zero-order valence-electron chi connectivity index (χ0n) is 23.1.